The van der Waals surface area contributed by atoms with Gasteiger partial charge in [-0.15, -0.1) is 0 Å². The number of hydrogen-bond acceptors (Lipinski definition) is 6. The molecule has 1 aromatic rings. The van der Waals surface area contributed by atoms with Crippen molar-refractivity contribution in [3.8, 4) is 11.5 Å². The molecule has 0 radical (unpaired) electrons. The van der Waals surface area contributed by atoms with E-state index in [-0.39, 0.29) is 24.6 Å². The predicted molar refractivity (Wildman–Crippen MR) is 112 cm³/mol. The van der Waals surface area contributed by atoms with Gasteiger partial charge in [0.05, 0.1) is 20.3 Å². The van der Waals surface area contributed by atoms with E-state index in [1.54, 1.807) is 14.2 Å². The number of carbonyl (C=O) groups excluding carboxylic acids is 2. The number of allylic oxidation sites excluding steroid dienone is 2. The molecule has 2 aliphatic heterocycles. The molecule has 1 atom stereocenters. The van der Waals surface area contributed by atoms with Crippen LogP contribution >= 0.6 is 0 Å². The maximum Gasteiger partial charge on any atom is 0.342 e. The van der Waals surface area contributed by atoms with Gasteiger partial charge >= 0.3 is 5.97 Å². The number of rotatable bonds is 9. The van der Waals surface area contributed by atoms with Gasteiger partial charge in [0.15, 0.2) is 0 Å². The molecule has 3 rings (SSSR count). The van der Waals surface area contributed by atoms with E-state index in [1.165, 1.54) is 0 Å². The summed E-state index contributed by atoms with van der Waals surface area (Å²) >= 11 is 0. The molecule has 7 heteroatoms. The molecule has 7 nitrogen and oxygen atoms in total. The van der Waals surface area contributed by atoms with Crippen LogP contribution in [0, 0.1) is 6.92 Å². The van der Waals surface area contributed by atoms with Crippen molar-refractivity contribution in [3.05, 3.63) is 33.9 Å². The highest BCUT2D eigenvalue weighted by molar-refractivity contribution is 5.98. The summed E-state index contributed by atoms with van der Waals surface area (Å²) in [7, 11) is 3.17. The van der Waals surface area contributed by atoms with Crippen molar-refractivity contribution in [2.24, 2.45) is 0 Å². The lowest BCUT2D eigenvalue weighted by atomic mass is 9.94. The molecule has 1 N–H and O–H groups in total. The van der Waals surface area contributed by atoms with E-state index in [0.717, 1.165) is 41.7 Å². The van der Waals surface area contributed by atoms with Crippen LogP contribution in [-0.4, -0.2) is 45.4 Å². The van der Waals surface area contributed by atoms with Gasteiger partial charge in [0, 0.05) is 30.7 Å². The number of benzene rings is 1. The number of hydrogen-bond donors (Lipinski definition) is 1. The van der Waals surface area contributed by atoms with Gasteiger partial charge in [-0.2, -0.15) is 0 Å². The molecule has 2 heterocycles. The zero-order chi connectivity index (χ0) is 21.7. The van der Waals surface area contributed by atoms with E-state index in [9.17, 15) is 9.59 Å². The topological polar surface area (TPSA) is 83.1 Å². The van der Waals surface area contributed by atoms with Gasteiger partial charge in [-0.25, -0.2) is 4.79 Å². The molecule has 2 aliphatic rings. The van der Waals surface area contributed by atoms with E-state index >= 15 is 0 Å². The third kappa shape index (κ3) is 4.78. The zero-order valence-electron chi connectivity index (χ0n) is 18.3. The van der Waals surface area contributed by atoms with E-state index in [2.05, 4.69) is 11.4 Å². The lowest BCUT2D eigenvalue weighted by Crippen LogP contribution is -2.31. The summed E-state index contributed by atoms with van der Waals surface area (Å²) in [6.45, 7) is 5.54. The molecule has 1 amide bonds. The van der Waals surface area contributed by atoms with Gasteiger partial charge < -0.3 is 24.3 Å². The Labute approximate surface area is 177 Å². The highest BCUT2D eigenvalue weighted by Gasteiger charge is 2.32. The van der Waals surface area contributed by atoms with Crippen molar-refractivity contribution in [3.63, 3.8) is 0 Å². The van der Waals surface area contributed by atoms with E-state index in [0.29, 0.717) is 42.9 Å². The van der Waals surface area contributed by atoms with E-state index < -0.39 is 0 Å². The standard InChI is InChI=1S/C23H31NO6/c1-14(8-10-19(25)24-12-16-6-5-11-29-16)7-9-17-21(27-3)15(2)18-13-30-23(26)20(18)22(17)28-4/h7,16H,5-6,8-13H2,1-4H3,(H,24,25)/b14-7+/t16-/m1/s1. The quantitative estimate of drug-likeness (QED) is 0.491. The van der Waals surface area contributed by atoms with Crippen LogP contribution < -0.4 is 14.8 Å². The van der Waals surface area contributed by atoms with Crippen LogP contribution in [0.25, 0.3) is 0 Å². The van der Waals surface area contributed by atoms with Crippen LogP contribution in [0.3, 0.4) is 0 Å². The number of methoxy groups -OCH3 is 2. The number of esters is 1. The Morgan fingerprint density at radius 1 is 1.23 bits per heavy atom. The average molecular weight is 418 g/mol. The third-order valence-electron chi connectivity index (χ3n) is 5.78. The van der Waals surface area contributed by atoms with Crippen molar-refractivity contribution >= 4 is 11.9 Å². The molecular formula is C23H31NO6. The maximum atomic E-state index is 12.2. The molecule has 30 heavy (non-hydrogen) atoms. The molecule has 0 aliphatic carbocycles. The molecule has 164 valence electrons. The first-order valence-electron chi connectivity index (χ1n) is 10.4. The second kappa shape index (κ2) is 9.98. The van der Waals surface area contributed by atoms with Crippen LogP contribution in [0.5, 0.6) is 11.5 Å². The summed E-state index contributed by atoms with van der Waals surface area (Å²) in [5, 5.41) is 2.95. The fourth-order valence-electron chi connectivity index (χ4n) is 4.05. The smallest absolute Gasteiger partial charge is 0.342 e. The predicted octanol–water partition coefficient (Wildman–Crippen LogP) is 3.25. The first kappa shape index (κ1) is 22.2. The third-order valence-corrected chi connectivity index (χ3v) is 5.78. The molecule has 0 spiro atoms. The van der Waals surface area contributed by atoms with Gasteiger partial charge in [-0.05, 0) is 45.1 Å². The fraction of sp³-hybridized carbons (Fsp3) is 0.565. The van der Waals surface area contributed by atoms with E-state index in [1.807, 2.05) is 13.8 Å². The highest BCUT2D eigenvalue weighted by atomic mass is 16.5. The highest BCUT2D eigenvalue weighted by Crippen LogP contribution is 2.42. The van der Waals surface area contributed by atoms with Crippen LogP contribution in [0.15, 0.2) is 11.6 Å². The van der Waals surface area contributed by atoms with E-state index in [4.69, 9.17) is 18.9 Å². The summed E-state index contributed by atoms with van der Waals surface area (Å²) in [6.07, 6.45) is 5.91. The van der Waals surface area contributed by atoms with Crippen LogP contribution in [-0.2, 0) is 27.3 Å². The first-order valence-corrected chi connectivity index (χ1v) is 10.4. The summed E-state index contributed by atoms with van der Waals surface area (Å²) in [4.78, 5) is 24.3. The van der Waals surface area contributed by atoms with Gasteiger partial charge in [0.25, 0.3) is 0 Å². The molecular weight excluding hydrogens is 386 g/mol. The lowest BCUT2D eigenvalue weighted by Gasteiger charge is -2.18. The van der Waals surface area contributed by atoms with Gasteiger partial charge in [0.1, 0.15) is 23.7 Å². The summed E-state index contributed by atoms with van der Waals surface area (Å²) in [5.41, 5.74) is 4.12. The monoisotopic (exact) mass is 417 g/mol. The number of fused-ring (bicyclic) bond motifs is 1. The zero-order valence-corrected chi connectivity index (χ0v) is 18.3. The Balaban J connectivity index is 1.65. The Kier molecular flexibility index (Phi) is 7.37. The molecule has 1 saturated heterocycles. The minimum absolute atomic E-state index is 0.0320. The SMILES string of the molecule is COc1c(C)c2c(c(OC)c1C/C=C(\C)CCC(=O)NC[C@H]1CCCO1)C(=O)OC2. The van der Waals surface area contributed by atoms with Gasteiger partial charge in [-0.3, -0.25) is 4.79 Å². The maximum absolute atomic E-state index is 12.2. The number of ether oxygens (including phenoxy) is 4. The Morgan fingerprint density at radius 3 is 2.67 bits per heavy atom. The largest absolute Gasteiger partial charge is 0.496 e. The molecule has 0 bridgehead atoms. The fourth-order valence-corrected chi connectivity index (χ4v) is 4.05. The van der Waals surface area contributed by atoms with Crippen molar-refractivity contribution in [1.82, 2.24) is 5.32 Å². The first-order chi connectivity index (χ1) is 14.5. The Hall–Kier alpha value is -2.54. The Bertz CT molecular complexity index is 839. The van der Waals surface area contributed by atoms with Crippen molar-refractivity contribution in [2.75, 3.05) is 27.4 Å². The Morgan fingerprint density at radius 2 is 2.00 bits per heavy atom. The number of carbonyl (C=O) groups is 2. The summed E-state index contributed by atoms with van der Waals surface area (Å²) in [6, 6.07) is 0. The average Bonchev–Trinajstić information content (AvgIpc) is 3.39. The molecule has 0 saturated carbocycles. The molecule has 1 fully saturated rings. The minimum atomic E-state index is -0.363. The van der Waals surface area contributed by atoms with Crippen LogP contribution in [0.4, 0.5) is 0 Å². The van der Waals surface area contributed by atoms with Crippen molar-refractivity contribution in [2.45, 2.75) is 58.7 Å². The van der Waals surface area contributed by atoms with Crippen molar-refractivity contribution < 1.29 is 28.5 Å². The summed E-state index contributed by atoms with van der Waals surface area (Å²) in [5.74, 6) is 0.887. The summed E-state index contributed by atoms with van der Waals surface area (Å²) < 4.78 is 22.0. The molecule has 0 aromatic heterocycles. The minimum Gasteiger partial charge on any atom is -0.496 e. The lowest BCUT2D eigenvalue weighted by molar-refractivity contribution is -0.121. The number of nitrogens with one attached hydrogen (secondary N) is 1. The molecule has 0 unspecified atom stereocenters. The second-order valence-corrected chi connectivity index (χ2v) is 7.79. The number of amides is 1. The normalized spacial score (nSPS) is 18.2. The van der Waals surface area contributed by atoms with Crippen LogP contribution in [0.2, 0.25) is 0 Å². The molecule has 1 aromatic carbocycles. The number of cyclic esters (lactones) is 1. The van der Waals surface area contributed by atoms with Gasteiger partial charge in [-0.1, -0.05) is 11.6 Å². The van der Waals surface area contributed by atoms with Crippen LogP contribution in [0.1, 0.15) is 59.7 Å². The van der Waals surface area contributed by atoms with Crippen molar-refractivity contribution in [1.29, 1.82) is 0 Å². The second-order valence-electron chi connectivity index (χ2n) is 7.79. The van der Waals surface area contributed by atoms with Gasteiger partial charge in [0.2, 0.25) is 5.91 Å².